The van der Waals surface area contributed by atoms with Gasteiger partial charge in [0.1, 0.15) is 28.8 Å². The van der Waals surface area contributed by atoms with Crippen LogP contribution < -0.4 is 36.8 Å². The van der Waals surface area contributed by atoms with Crippen LogP contribution in [0.5, 0.6) is 5.75 Å². The molecular formula is C34H35N9O9S2. The number of aliphatic imine (C=N–C) groups is 1. The number of hydrogen-bond acceptors (Lipinski definition) is 12. The van der Waals surface area contributed by atoms with E-state index in [1.165, 1.54) is 15.2 Å². The average Bonchev–Trinajstić information content (AvgIpc) is 3.69. The zero-order valence-corrected chi connectivity index (χ0v) is 30.6. The molecule has 6 N–H and O–H groups in total. The van der Waals surface area contributed by atoms with Gasteiger partial charge in [0.2, 0.25) is 5.91 Å². The number of aliphatic hydroxyl groups excluding tert-OH is 1. The number of anilines is 2. The molecule has 18 nitrogen and oxygen atoms in total. The summed E-state index contributed by atoms with van der Waals surface area (Å²) in [6.45, 7) is 4.43. The maximum absolute atomic E-state index is 13.0. The number of thiocarbonyl (C=S) groups is 2. The number of fused-ring (bicyclic) bond motifs is 1. The second-order valence-electron chi connectivity index (χ2n) is 11.9. The van der Waals surface area contributed by atoms with Crippen molar-refractivity contribution in [3.05, 3.63) is 62.8 Å². The first-order valence-electron chi connectivity index (χ1n) is 16.7. The van der Waals surface area contributed by atoms with Gasteiger partial charge in [-0.1, -0.05) is 13.8 Å². The molecule has 1 aliphatic rings. The number of imide groups is 1. The minimum atomic E-state index is -1.62. The van der Waals surface area contributed by atoms with Crippen LogP contribution in [0.4, 0.5) is 17.1 Å². The highest BCUT2D eigenvalue weighted by molar-refractivity contribution is 7.80. The number of carboxylic acids is 1. The topological polar surface area (TPSA) is 242 Å². The lowest BCUT2D eigenvalue weighted by Gasteiger charge is -2.20. The van der Waals surface area contributed by atoms with E-state index in [1.54, 1.807) is 24.3 Å². The molecule has 282 valence electrons. The van der Waals surface area contributed by atoms with Gasteiger partial charge in [-0.05, 0) is 73.7 Å². The number of ether oxygens (including phenoxy) is 1. The molecule has 0 spiro atoms. The number of carbonyl (C=O) groups is 4. The van der Waals surface area contributed by atoms with Crippen molar-refractivity contribution in [3.63, 3.8) is 0 Å². The monoisotopic (exact) mass is 777 g/mol. The number of aryl methyl sites for hydroxylation is 1. The van der Waals surface area contributed by atoms with Crippen molar-refractivity contribution in [3.8, 4) is 17.1 Å². The summed E-state index contributed by atoms with van der Waals surface area (Å²) in [7, 11) is 0. The van der Waals surface area contributed by atoms with Crippen LogP contribution in [0.15, 0.2) is 51.0 Å². The van der Waals surface area contributed by atoms with E-state index in [-0.39, 0.29) is 53.0 Å². The summed E-state index contributed by atoms with van der Waals surface area (Å²) in [6.07, 6.45) is -0.822. The molecule has 0 aliphatic carbocycles. The Bertz CT molecular complexity index is 2310. The molecule has 1 aliphatic heterocycles. The van der Waals surface area contributed by atoms with E-state index in [2.05, 4.69) is 48.3 Å². The molecular weight excluding hydrogens is 743 g/mol. The summed E-state index contributed by atoms with van der Waals surface area (Å²) < 4.78 is 8.32. The minimum absolute atomic E-state index is 0.0543. The van der Waals surface area contributed by atoms with Crippen LogP contribution in [-0.4, -0.2) is 89.1 Å². The van der Waals surface area contributed by atoms with E-state index in [1.807, 2.05) is 13.8 Å². The fourth-order valence-electron chi connectivity index (χ4n) is 5.70. The summed E-state index contributed by atoms with van der Waals surface area (Å²) in [5.74, 6) is -2.94. The maximum Gasteiger partial charge on any atom is 0.339 e. The number of imidazole rings is 1. The van der Waals surface area contributed by atoms with E-state index < -0.39 is 53.0 Å². The number of carboxylic acid groups (broad SMARTS) is 1. The average molecular weight is 778 g/mol. The first-order valence-corrected chi connectivity index (χ1v) is 17.5. The summed E-state index contributed by atoms with van der Waals surface area (Å²) in [4.78, 5) is 87.7. The molecule has 0 bridgehead atoms. The zero-order valence-electron chi connectivity index (χ0n) is 29.0. The van der Waals surface area contributed by atoms with Gasteiger partial charge in [0, 0.05) is 31.7 Å². The number of rotatable bonds is 15. The van der Waals surface area contributed by atoms with Gasteiger partial charge in [0.25, 0.3) is 17.4 Å². The van der Waals surface area contributed by atoms with Crippen molar-refractivity contribution < 1.29 is 34.1 Å². The highest BCUT2D eigenvalue weighted by atomic mass is 32.1. The lowest BCUT2D eigenvalue weighted by molar-refractivity contribution is -0.124. The first-order chi connectivity index (χ1) is 25.9. The van der Waals surface area contributed by atoms with Gasteiger partial charge < -0.3 is 35.9 Å². The Labute approximate surface area is 316 Å². The van der Waals surface area contributed by atoms with Gasteiger partial charge in [-0.2, -0.15) is 4.99 Å². The Hall–Kier alpha value is -6.08. The number of nitrogens with one attached hydrogen (secondary N) is 4. The zero-order chi connectivity index (χ0) is 39.1. The van der Waals surface area contributed by atoms with Crippen molar-refractivity contribution in [1.29, 1.82) is 0 Å². The molecule has 4 aromatic rings. The number of benzene rings is 2. The Morgan fingerprint density at radius 3 is 2.37 bits per heavy atom. The van der Waals surface area contributed by atoms with Crippen molar-refractivity contribution in [1.82, 2.24) is 29.7 Å². The van der Waals surface area contributed by atoms with Gasteiger partial charge in [0.15, 0.2) is 17.4 Å². The smallest absolute Gasteiger partial charge is 0.339 e. The quantitative estimate of drug-likeness (QED) is 0.0438. The van der Waals surface area contributed by atoms with Crippen LogP contribution in [0, 0.1) is 0 Å². The highest BCUT2D eigenvalue weighted by Crippen LogP contribution is 2.36. The van der Waals surface area contributed by atoms with Gasteiger partial charge in [-0.25, -0.2) is 19.5 Å². The van der Waals surface area contributed by atoms with Crippen molar-refractivity contribution in [2.45, 2.75) is 52.3 Å². The summed E-state index contributed by atoms with van der Waals surface area (Å²) in [5, 5.41) is 30.1. The van der Waals surface area contributed by atoms with Gasteiger partial charge in [0.05, 0.1) is 28.6 Å². The number of isothiocyanates is 1. The largest absolute Gasteiger partial charge is 0.484 e. The van der Waals surface area contributed by atoms with Crippen LogP contribution in [-0.2, 0) is 27.5 Å². The second-order valence-corrected chi connectivity index (χ2v) is 12.5. The molecule has 20 heteroatoms. The molecule has 3 amide bonds. The van der Waals surface area contributed by atoms with Crippen molar-refractivity contribution >= 4 is 86.6 Å². The van der Waals surface area contributed by atoms with Crippen LogP contribution in [0.1, 0.15) is 43.5 Å². The SMILES string of the molecule is CCCn1c(=O)c2[nH]c(-c3ccc(OCC(=O)NCCNC(=S)Nc4cc(N=C=S)cc(N5C(=O)CC(O)C5=O)c4C(=O)O)cc3)nc2n(CCC)c1=O. The molecule has 5 rings (SSSR count). The molecule has 1 saturated heterocycles. The standard InChI is InChI=1S/C34H35N9O9S2/c1-3-11-41-29-27(31(48)42(12-4-2)34(41)51)39-28(40-29)18-5-7-20(8-6-18)52-16-24(45)35-9-10-36-33(54)38-21-13-19(37-17-53)14-22(26(21)32(49)50)43-25(46)15-23(44)30(43)47/h5-8,13-14,23,44H,3-4,9-12,15-16H2,1-2H3,(H,35,45)(H,39,40)(H,49,50)(H2,36,38,54). The normalized spacial score (nSPS) is 13.8. The first kappa shape index (κ1) is 39.1. The van der Waals surface area contributed by atoms with Crippen molar-refractivity contribution in [2.24, 2.45) is 4.99 Å². The number of amides is 3. The Morgan fingerprint density at radius 1 is 1.06 bits per heavy atom. The number of aliphatic hydroxyl groups is 1. The van der Waals surface area contributed by atoms with Gasteiger partial charge in [-0.15, -0.1) is 0 Å². The lowest BCUT2D eigenvalue weighted by atomic mass is 10.1. The van der Waals surface area contributed by atoms with Gasteiger partial charge in [-0.3, -0.25) is 28.3 Å². The van der Waals surface area contributed by atoms with Crippen LogP contribution in [0.2, 0.25) is 0 Å². The number of aromatic amines is 1. The number of hydrogen-bond donors (Lipinski definition) is 6. The summed E-state index contributed by atoms with van der Waals surface area (Å²) in [5.41, 5.74) is -0.534. The predicted octanol–water partition coefficient (Wildman–Crippen LogP) is 1.91. The predicted molar refractivity (Wildman–Crippen MR) is 205 cm³/mol. The maximum atomic E-state index is 13.0. The van der Waals surface area contributed by atoms with Crippen LogP contribution in [0.25, 0.3) is 22.6 Å². The Morgan fingerprint density at radius 2 is 1.74 bits per heavy atom. The number of carbonyl (C=O) groups excluding carboxylic acids is 3. The number of aromatic nitrogens is 4. The highest BCUT2D eigenvalue weighted by Gasteiger charge is 2.41. The third kappa shape index (κ3) is 8.42. The van der Waals surface area contributed by atoms with E-state index in [0.717, 1.165) is 6.07 Å². The summed E-state index contributed by atoms with van der Waals surface area (Å²) >= 11 is 9.94. The third-order valence-electron chi connectivity index (χ3n) is 8.09. The summed E-state index contributed by atoms with van der Waals surface area (Å²) in [6, 6.07) is 9.12. The number of aromatic carboxylic acids is 1. The molecule has 1 atom stereocenters. The molecule has 1 fully saturated rings. The van der Waals surface area contributed by atoms with Crippen molar-refractivity contribution in [2.75, 3.05) is 29.9 Å². The third-order valence-corrected chi connectivity index (χ3v) is 8.43. The molecule has 1 unspecified atom stereocenters. The van der Waals surface area contributed by atoms with Crippen LogP contribution in [0.3, 0.4) is 0 Å². The lowest BCUT2D eigenvalue weighted by Crippen LogP contribution is -2.40. The molecule has 3 heterocycles. The molecule has 54 heavy (non-hydrogen) atoms. The van der Waals surface area contributed by atoms with E-state index in [9.17, 15) is 39.0 Å². The fraction of sp³-hybridized carbons (Fsp3) is 0.324. The molecule has 0 radical (unpaired) electrons. The molecule has 2 aromatic heterocycles. The molecule has 2 aromatic carbocycles. The Kier molecular flexibility index (Phi) is 12.4. The number of nitrogens with zero attached hydrogens (tertiary/aromatic N) is 5. The van der Waals surface area contributed by atoms with E-state index >= 15 is 0 Å². The fourth-order valence-corrected chi connectivity index (χ4v) is 6.02. The minimum Gasteiger partial charge on any atom is -0.484 e. The van der Waals surface area contributed by atoms with Crippen LogP contribution >= 0.6 is 24.4 Å². The Balaban J connectivity index is 1.16. The molecule has 0 saturated carbocycles. The van der Waals surface area contributed by atoms with Gasteiger partial charge >= 0.3 is 11.7 Å². The second kappa shape index (κ2) is 17.2. The number of H-pyrrole nitrogens is 1. The van der Waals surface area contributed by atoms with E-state index in [0.29, 0.717) is 48.0 Å². The van der Waals surface area contributed by atoms with E-state index in [4.69, 9.17) is 17.0 Å².